The number of hydrogen-bond acceptors (Lipinski definition) is 10. The molecular weight excluding hydrogens is 465 g/mol. The highest BCUT2D eigenvalue weighted by Gasteiger charge is 2.43. The van der Waals surface area contributed by atoms with Crippen molar-refractivity contribution in [1.29, 1.82) is 0 Å². The van der Waals surface area contributed by atoms with Crippen LogP contribution in [-0.4, -0.2) is 106 Å². The van der Waals surface area contributed by atoms with Gasteiger partial charge in [0.05, 0.1) is 0 Å². The van der Waals surface area contributed by atoms with Crippen LogP contribution in [0.5, 0.6) is 0 Å². The van der Waals surface area contributed by atoms with Crippen molar-refractivity contribution in [2.45, 2.75) is 0 Å². The van der Waals surface area contributed by atoms with Crippen LogP contribution < -0.4 is 0 Å². The summed E-state index contributed by atoms with van der Waals surface area (Å²) in [6.07, 6.45) is 0. The van der Waals surface area contributed by atoms with Crippen molar-refractivity contribution in [3.05, 3.63) is 0 Å². The van der Waals surface area contributed by atoms with Crippen LogP contribution in [0, 0.1) is 33.3 Å². The van der Waals surface area contributed by atoms with E-state index in [1.54, 1.807) is 0 Å². The van der Waals surface area contributed by atoms with Gasteiger partial charge in [0.1, 0.15) is 0 Å². The summed E-state index contributed by atoms with van der Waals surface area (Å²) in [4.78, 5) is 0. The highest BCUT2D eigenvalue weighted by molar-refractivity contribution is 6.98. The van der Waals surface area contributed by atoms with Crippen LogP contribution in [0.25, 0.3) is 0 Å². The largest absolute Gasteiger partial charge is 0.590 e. The summed E-state index contributed by atoms with van der Waals surface area (Å²) in [5.41, 5.74) is 17.6. The Morgan fingerprint density at radius 2 is 0.500 bits per heavy atom. The van der Waals surface area contributed by atoms with Gasteiger partial charge in [-0.25, -0.2) is 0 Å². The van der Waals surface area contributed by atoms with E-state index in [4.69, 9.17) is 44.3 Å². The molecule has 0 rings (SSSR count). The van der Waals surface area contributed by atoms with Gasteiger partial charge in [0.25, 0.3) is 0 Å². The van der Waals surface area contributed by atoms with Crippen molar-refractivity contribution in [1.82, 2.24) is 0 Å². The summed E-state index contributed by atoms with van der Waals surface area (Å²) in [6.45, 7) is 0. The van der Waals surface area contributed by atoms with E-state index in [2.05, 4.69) is 33.3 Å². The van der Waals surface area contributed by atoms with Crippen LogP contribution >= 0.6 is 0 Å². The second-order valence-electron chi connectivity index (χ2n) is 5.14. The molecule has 10 nitrogen and oxygen atoms in total. The molecule has 0 aliphatic rings. The quantitative estimate of drug-likeness (QED) is 0.291. The standard InChI is InChI=1S/C16H30O10Si4/c1-17-27(11-14-28(18-2,19-3)20-4,12-15-29(21-5,22-6)23-7)13-16-30(24-8,25-9)26-10/h1-10H3. The van der Waals surface area contributed by atoms with Crippen molar-refractivity contribution in [2.24, 2.45) is 0 Å². The minimum atomic E-state index is -3.44. The molecule has 170 valence electrons. The predicted octanol–water partition coefficient (Wildman–Crippen LogP) is -0.542. The number of hydrogen-bond donors (Lipinski definition) is 0. The van der Waals surface area contributed by atoms with E-state index >= 15 is 0 Å². The normalized spacial score (nSPS) is 12.2. The highest BCUT2D eigenvalue weighted by atomic mass is 28.4. The molecule has 0 atom stereocenters. The Morgan fingerprint density at radius 1 is 0.300 bits per heavy atom. The summed E-state index contributed by atoms with van der Waals surface area (Å²) in [7, 11) is 1.24. The van der Waals surface area contributed by atoms with Crippen LogP contribution in [0.2, 0.25) is 0 Å². The van der Waals surface area contributed by atoms with Gasteiger partial charge in [0, 0.05) is 71.1 Å². The minimum Gasteiger partial charge on any atom is -0.391 e. The van der Waals surface area contributed by atoms with E-state index in [1.165, 1.54) is 71.1 Å². The van der Waals surface area contributed by atoms with Gasteiger partial charge in [-0.1, -0.05) is 16.6 Å². The van der Waals surface area contributed by atoms with E-state index in [-0.39, 0.29) is 0 Å². The van der Waals surface area contributed by atoms with Crippen molar-refractivity contribution in [3.63, 3.8) is 0 Å². The molecular formula is C16H30O10Si4. The average molecular weight is 495 g/mol. The van der Waals surface area contributed by atoms with Gasteiger partial charge in [0.2, 0.25) is 0 Å². The molecule has 30 heavy (non-hydrogen) atoms. The molecule has 0 amide bonds. The van der Waals surface area contributed by atoms with Crippen LogP contribution in [0.15, 0.2) is 0 Å². The van der Waals surface area contributed by atoms with Gasteiger partial charge < -0.3 is 44.3 Å². The molecule has 0 saturated carbocycles. The maximum Gasteiger partial charge on any atom is 0.590 e. The Balaban J connectivity index is 6.77. The Bertz CT molecular complexity index is 585. The fourth-order valence-electron chi connectivity index (χ4n) is 1.95. The zero-order valence-corrected chi connectivity index (χ0v) is 23.1. The van der Waals surface area contributed by atoms with Gasteiger partial charge in [-0.3, -0.25) is 0 Å². The lowest BCUT2D eigenvalue weighted by molar-refractivity contribution is 0.141. The maximum absolute atomic E-state index is 5.71. The molecule has 0 N–H and O–H groups in total. The Morgan fingerprint density at radius 3 is 0.633 bits per heavy atom. The predicted molar refractivity (Wildman–Crippen MR) is 116 cm³/mol. The third kappa shape index (κ3) is 7.38. The van der Waals surface area contributed by atoms with Crippen molar-refractivity contribution in [2.75, 3.05) is 71.1 Å². The van der Waals surface area contributed by atoms with Gasteiger partial charge in [-0.2, -0.15) is 0 Å². The molecule has 0 saturated heterocycles. The average Bonchev–Trinajstić information content (AvgIpc) is 2.82. The van der Waals surface area contributed by atoms with Crippen molar-refractivity contribution >= 4 is 34.7 Å². The first-order valence-electron chi connectivity index (χ1n) is 8.37. The molecule has 0 unspecified atom stereocenters. The van der Waals surface area contributed by atoms with Crippen LogP contribution in [0.4, 0.5) is 0 Å². The zero-order chi connectivity index (χ0) is 23.3. The Kier molecular flexibility index (Phi) is 13.2. The molecule has 0 aromatic rings. The summed E-state index contributed by atoms with van der Waals surface area (Å²) in [5, 5.41) is 0. The zero-order valence-electron chi connectivity index (χ0n) is 19.1. The summed E-state index contributed by atoms with van der Waals surface area (Å²) in [5.74, 6) is 0. The molecule has 0 bridgehead atoms. The summed E-state index contributed by atoms with van der Waals surface area (Å²) in [6, 6.07) is 0. The van der Waals surface area contributed by atoms with E-state index in [1.807, 2.05) is 0 Å². The molecule has 0 heterocycles. The summed E-state index contributed by atoms with van der Waals surface area (Å²) < 4.78 is 53.9. The SMILES string of the molecule is CO[Si](C#C[Si](OC)(OC)OC)(C#C[Si](OC)(OC)OC)C#C[Si](OC)(OC)OC. The van der Waals surface area contributed by atoms with Gasteiger partial charge >= 0.3 is 34.7 Å². The summed E-state index contributed by atoms with van der Waals surface area (Å²) >= 11 is 0. The van der Waals surface area contributed by atoms with E-state index < -0.39 is 34.7 Å². The van der Waals surface area contributed by atoms with Gasteiger partial charge in [-0.15, -0.1) is 0 Å². The van der Waals surface area contributed by atoms with E-state index in [0.29, 0.717) is 0 Å². The van der Waals surface area contributed by atoms with Crippen LogP contribution in [0.1, 0.15) is 0 Å². The lowest BCUT2D eigenvalue weighted by Gasteiger charge is -2.20. The Labute approximate surface area is 183 Å². The molecule has 0 spiro atoms. The fourth-order valence-corrected chi connectivity index (χ4v) is 8.81. The third-order valence-corrected chi connectivity index (χ3v) is 12.8. The van der Waals surface area contributed by atoms with Gasteiger partial charge in [-0.05, 0) is 16.6 Å². The fraction of sp³-hybridized carbons (Fsp3) is 0.625. The lowest BCUT2D eigenvalue weighted by Crippen LogP contribution is -2.46. The van der Waals surface area contributed by atoms with Crippen molar-refractivity contribution in [3.8, 4) is 33.3 Å². The van der Waals surface area contributed by atoms with Gasteiger partial charge in [0.15, 0.2) is 0 Å². The molecule has 0 fully saturated rings. The highest BCUT2D eigenvalue weighted by Crippen LogP contribution is 2.10. The maximum atomic E-state index is 5.71. The topological polar surface area (TPSA) is 92.3 Å². The second kappa shape index (κ2) is 13.5. The molecule has 0 aliphatic carbocycles. The minimum absolute atomic E-state index is 1.44. The molecule has 0 radical (unpaired) electrons. The first-order chi connectivity index (χ1) is 14.2. The van der Waals surface area contributed by atoms with E-state index in [0.717, 1.165) is 0 Å². The molecule has 0 aromatic carbocycles. The molecule has 0 aromatic heterocycles. The second-order valence-corrected chi connectivity index (χ2v) is 15.4. The number of rotatable bonds is 10. The lowest BCUT2D eigenvalue weighted by atomic mass is 11.3. The first kappa shape index (κ1) is 29.1. The van der Waals surface area contributed by atoms with Crippen molar-refractivity contribution < 1.29 is 44.3 Å². The van der Waals surface area contributed by atoms with E-state index in [9.17, 15) is 0 Å². The van der Waals surface area contributed by atoms with Crippen LogP contribution in [-0.2, 0) is 44.3 Å². The smallest absolute Gasteiger partial charge is 0.391 e. The molecule has 14 heteroatoms. The third-order valence-electron chi connectivity index (χ3n) is 3.90. The molecule has 0 aliphatic heterocycles. The monoisotopic (exact) mass is 494 g/mol. The first-order valence-corrected chi connectivity index (χ1v) is 15.5. The Hall–Kier alpha value is -0.852. The van der Waals surface area contributed by atoms with Crippen LogP contribution in [0.3, 0.4) is 0 Å².